The van der Waals surface area contributed by atoms with Crippen molar-refractivity contribution < 1.29 is 89.4 Å². The van der Waals surface area contributed by atoms with Gasteiger partial charge in [-0.3, -0.25) is 4.79 Å². The molecule has 0 bridgehead atoms. The highest BCUT2D eigenvalue weighted by molar-refractivity contribution is 5.76. The molecule has 0 aromatic rings. The SMILES string of the molecule is CC/C=C\C/C=C\C/C=C\C/C=C\CCCCCCCCC(=O)NC(COC1OC(CO)C(OC2OC(CO)C(OC3OC(CO)C(O)C(O)C3O)C(O)C2O)C(O)C1O)C(O)CCCCCCCCCCCC. The van der Waals surface area contributed by atoms with Crippen LogP contribution in [0.4, 0.5) is 0 Å². The van der Waals surface area contributed by atoms with Crippen LogP contribution < -0.4 is 5.32 Å². The Bertz CT molecular complexity index is 1550. The van der Waals surface area contributed by atoms with Crippen LogP contribution in [0.2, 0.25) is 0 Å². The standard InChI is InChI=1S/C55H97NO18/c1-3-5-7-9-11-13-15-16-17-18-19-20-21-22-23-25-27-29-31-33-43(61)56-38(39(60)32-30-28-26-24-14-12-10-8-6-4-2)37-69-53-49(67)46(64)51(41(35-58)71-53)74-55-50(68)47(65)52(42(36-59)72-55)73-54-48(66)45(63)44(62)40(34-57)70-54/h5,7,11,13,16-17,19-20,38-42,44-55,57-60,62-68H,3-4,6,8-10,12,14-15,18,21-37H2,1-2H3,(H,56,61)/b7-5-,13-11-,17-16-,20-19-. The van der Waals surface area contributed by atoms with Crippen LogP contribution in [-0.2, 0) is 33.2 Å². The molecule has 3 heterocycles. The molecule has 430 valence electrons. The first-order valence-electron chi connectivity index (χ1n) is 27.9. The molecule has 0 aliphatic carbocycles. The number of carbonyl (C=O) groups is 1. The molecular weight excluding hydrogens is 963 g/mol. The minimum atomic E-state index is -1.97. The number of hydrogen-bond donors (Lipinski definition) is 12. The lowest BCUT2D eigenvalue weighted by molar-refractivity contribution is -0.379. The topological polar surface area (TPSA) is 307 Å². The Hall–Kier alpha value is -2.25. The molecule has 0 saturated carbocycles. The van der Waals surface area contributed by atoms with Crippen molar-refractivity contribution in [2.75, 3.05) is 26.4 Å². The van der Waals surface area contributed by atoms with E-state index in [1.165, 1.54) is 38.5 Å². The maximum Gasteiger partial charge on any atom is 0.220 e. The summed E-state index contributed by atoms with van der Waals surface area (Å²) in [6.07, 6.45) is 13.5. The number of unbranched alkanes of at least 4 members (excludes halogenated alkanes) is 15. The van der Waals surface area contributed by atoms with Crippen LogP contribution in [0.1, 0.15) is 162 Å². The molecule has 0 spiro atoms. The summed E-state index contributed by atoms with van der Waals surface area (Å²) in [5.74, 6) is -0.262. The van der Waals surface area contributed by atoms with Gasteiger partial charge in [-0.25, -0.2) is 0 Å². The molecule has 3 rings (SSSR count). The minimum absolute atomic E-state index is 0.248. The number of amides is 1. The van der Waals surface area contributed by atoms with Gasteiger partial charge in [-0.1, -0.05) is 152 Å². The lowest BCUT2D eigenvalue weighted by atomic mass is 9.96. The van der Waals surface area contributed by atoms with E-state index in [4.69, 9.17) is 28.4 Å². The highest BCUT2D eigenvalue weighted by Gasteiger charge is 2.53. The Morgan fingerprint density at radius 1 is 0.500 bits per heavy atom. The van der Waals surface area contributed by atoms with Crippen molar-refractivity contribution in [1.82, 2.24) is 5.32 Å². The molecule has 19 nitrogen and oxygen atoms in total. The van der Waals surface area contributed by atoms with Gasteiger partial charge in [0.1, 0.15) is 73.2 Å². The smallest absolute Gasteiger partial charge is 0.220 e. The molecular formula is C55H97NO18. The van der Waals surface area contributed by atoms with E-state index in [1.54, 1.807) is 0 Å². The molecule has 0 aromatic heterocycles. The van der Waals surface area contributed by atoms with E-state index in [-0.39, 0.29) is 18.9 Å². The zero-order chi connectivity index (χ0) is 54.1. The van der Waals surface area contributed by atoms with Gasteiger partial charge in [0.15, 0.2) is 18.9 Å². The maximum atomic E-state index is 13.3. The molecule has 0 radical (unpaired) electrons. The third kappa shape index (κ3) is 23.8. The zero-order valence-electron chi connectivity index (χ0n) is 44.3. The van der Waals surface area contributed by atoms with Crippen molar-refractivity contribution in [2.45, 2.75) is 266 Å². The van der Waals surface area contributed by atoms with Crippen molar-refractivity contribution in [1.29, 1.82) is 0 Å². The predicted octanol–water partition coefficient (Wildman–Crippen LogP) is 3.53. The fourth-order valence-electron chi connectivity index (χ4n) is 9.30. The summed E-state index contributed by atoms with van der Waals surface area (Å²) in [4.78, 5) is 13.3. The minimum Gasteiger partial charge on any atom is -0.394 e. The quantitative estimate of drug-likeness (QED) is 0.0310. The van der Waals surface area contributed by atoms with Crippen LogP contribution in [0.25, 0.3) is 0 Å². The van der Waals surface area contributed by atoms with E-state index < -0.39 is 124 Å². The molecule has 17 atom stereocenters. The van der Waals surface area contributed by atoms with Gasteiger partial charge in [0.2, 0.25) is 5.91 Å². The average Bonchev–Trinajstić information content (AvgIpc) is 3.40. The lowest BCUT2D eigenvalue weighted by Gasteiger charge is -2.48. The zero-order valence-corrected chi connectivity index (χ0v) is 44.3. The van der Waals surface area contributed by atoms with E-state index in [0.717, 1.165) is 89.9 Å². The number of nitrogens with one attached hydrogen (secondary N) is 1. The van der Waals surface area contributed by atoms with Crippen LogP contribution in [0.15, 0.2) is 48.6 Å². The average molecular weight is 1060 g/mol. The summed E-state index contributed by atoms with van der Waals surface area (Å²) in [6.45, 7) is 1.61. The summed E-state index contributed by atoms with van der Waals surface area (Å²) in [5.41, 5.74) is 0. The molecule has 74 heavy (non-hydrogen) atoms. The van der Waals surface area contributed by atoms with E-state index in [0.29, 0.717) is 12.8 Å². The first-order valence-corrected chi connectivity index (χ1v) is 27.9. The first kappa shape index (κ1) is 66.0. The van der Waals surface area contributed by atoms with Crippen molar-refractivity contribution in [3.8, 4) is 0 Å². The van der Waals surface area contributed by atoms with Crippen LogP contribution in [-0.4, -0.2) is 193 Å². The van der Waals surface area contributed by atoms with Gasteiger partial charge in [-0.2, -0.15) is 0 Å². The molecule has 1 amide bonds. The van der Waals surface area contributed by atoms with Gasteiger partial charge in [-0.15, -0.1) is 0 Å². The van der Waals surface area contributed by atoms with Crippen LogP contribution in [0, 0.1) is 0 Å². The molecule has 19 heteroatoms. The Kier molecular flexibility index (Phi) is 34.9. The number of aliphatic hydroxyl groups excluding tert-OH is 11. The number of rotatable bonds is 39. The molecule has 3 fully saturated rings. The van der Waals surface area contributed by atoms with E-state index in [1.807, 2.05) is 0 Å². The number of hydrogen-bond acceptors (Lipinski definition) is 18. The summed E-state index contributed by atoms with van der Waals surface area (Å²) in [6, 6.07) is -0.894. The van der Waals surface area contributed by atoms with Gasteiger partial charge in [-0.05, 0) is 51.4 Å². The molecule has 12 N–H and O–H groups in total. The Balaban J connectivity index is 1.50. The van der Waals surface area contributed by atoms with Gasteiger partial charge in [0.25, 0.3) is 0 Å². The van der Waals surface area contributed by atoms with Crippen molar-refractivity contribution >= 4 is 5.91 Å². The monoisotopic (exact) mass is 1060 g/mol. The summed E-state index contributed by atoms with van der Waals surface area (Å²) < 4.78 is 34.2. The highest BCUT2D eigenvalue weighted by atomic mass is 16.8. The van der Waals surface area contributed by atoms with Crippen LogP contribution in [0.3, 0.4) is 0 Å². The van der Waals surface area contributed by atoms with E-state index >= 15 is 0 Å². The van der Waals surface area contributed by atoms with Crippen molar-refractivity contribution in [2.24, 2.45) is 0 Å². The van der Waals surface area contributed by atoms with E-state index in [2.05, 4.69) is 67.8 Å². The predicted molar refractivity (Wildman–Crippen MR) is 277 cm³/mol. The van der Waals surface area contributed by atoms with E-state index in [9.17, 15) is 61.0 Å². The third-order valence-electron chi connectivity index (χ3n) is 13.9. The second-order valence-corrected chi connectivity index (χ2v) is 20.0. The fraction of sp³-hybridized carbons (Fsp3) is 0.836. The molecule has 3 aliphatic rings. The maximum absolute atomic E-state index is 13.3. The normalized spacial score (nSPS) is 31.8. The summed E-state index contributed by atoms with van der Waals surface area (Å²) in [7, 11) is 0. The Morgan fingerprint density at radius 3 is 1.46 bits per heavy atom. The lowest BCUT2D eigenvalue weighted by Crippen LogP contribution is -2.66. The second-order valence-electron chi connectivity index (χ2n) is 20.0. The largest absolute Gasteiger partial charge is 0.394 e. The summed E-state index contributed by atoms with van der Waals surface area (Å²) >= 11 is 0. The number of aliphatic hydroxyl groups is 11. The van der Waals surface area contributed by atoms with Gasteiger partial charge >= 0.3 is 0 Å². The number of ether oxygens (including phenoxy) is 6. The molecule has 17 unspecified atom stereocenters. The molecule has 0 aromatic carbocycles. The molecule has 3 saturated heterocycles. The molecule has 3 aliphatic heterocycles. The number of allylic oxidation sites excluding steroid dienone is 8. The Morgan fingerprint density at radius 2 is 0.932 bits per heavy atom. The van der Waals surface area contributed by atoms with Gasteiger partial charge in [0.05, 0.1) is 38.6 Å². The third-order valence-corrected chi connectivity index (χ3v) is 13.9. The van der Waals surface area contributed by atoms with Crippen LogP contribution >= 0.6 is 0 Å². The fourth-order valence-corrected chi connectivity index (χ4v) is 9.30. The number of carbonyl (C=O) groups excluding carboxylic acids is 1. The second kappa shape index (κ2) is 39.2. The van der Waals surface area contributed by atoms with Crippen LogP contribution in [0.5, 0.6) is 0 Å². The highest BCUT2D eigenvalue weighted by Crippen LogP contribution is 2.33. The van der Waals surface area contributed by atoms with Gasteiger partial charge in [0, 0.05) is 6.42 Å². The van der Waals surface area contributed by atoms with Crippen molar-refractivity contribution in [3.63, 3.8) is 0 Å². The Labute approximate surface area is 440 Å². The first-order chi connectivity index (χ1) is 35.8. The summed E-state index contributed by atoms with van der Waals surface area (Å²) in [5, 5.41) is 120. The van der Waals surface area contributed by atoms with Crippen molar-refractivity contribution in [3.05, 3.63) is 48.6 Å². The van der Waals surface area contributed by atoms with Gasteiger partial charge < -0.3 is 89.9 Å².